The predicted octanol–water partition coefficient (Wildman–Crippen LogP) is 2.73. The Labute approximate surface area is 121 Å². The number of anilines is 2. The SMILES string of the molecule is CCc1c(NN)ncnc1N(C)C1CCC(CC)CC1. The van der Waals surface area contributed by atoms with E-state index in [1.807, 2.05) is 0 Å². The first-order valence-corrected chi connectivity index (χ1v) is 7.74. The van der Waals surface area contributed by atoms with Crippen LogP contribution in [0.4, 0.5) is 11.6 Å². The summed E-state index contributed by atoms with van der Waals surface area (Å²) in [5, 5.41) is 0. The smallest absolute Gasteiger partial charge is 0.148 e. The Hall–Kier alpha value is -1.36. The van der Waals surface area contributed by atoms with Crippen LogP contribution in [-0.4, -0.2) is 23.1 Å². The third-order valence-electron chi connectivity index (χ3n) is 4.69. The summed E-state index contributed by atoms with van der Waals surface area (Å²) in [6, 6.07) is 0.587. The Kier molecular flexibility index (Phi) is 5.17. The van der Waals surface area contributed by atoms with Gasteiger partial charge in [0.1, 0.15) is 18.0 Å². The molecule has 112 valence electrons. The molecule has 5 heteroatoms. The van der Waals surface area contributed by atoms with Gasteiger partial charge in [-0.2, -0.15) is 0 Å². The molecule has 20 heavy (non-hydrogen) atoms. The van der Waals surface area contributed by atoms with E-state index in [0.717, 1.165) is 29.5 Å². The van der Waals surface area contributed by atoms with Gasteiger partial charge in [-0.1, -0.05) is 20.3 Å². The van der Waals surface area contributed by atoms with Crippen LogP contribution >= 0.6 is 0 Å². The topological polar surface area (TPSA) is 67.1 Å². The fourth-order valence-electron chi connectivity index (χ4n) is 3.27. The molecule has 0 radical (unpaired) electrons. The average molecular weight is 277 g/mol. The van der Waals surface area contributed by atoms with E-state index in [1.54, 1.807) is 6.33 Å². The molecule has 0 amide bonds. The van der Waals surface area contributed by atoms with Gasteiger partial charge in [0.15, 0.2) is 0 Å². The van der Waals surface area contributed by atoms with Crippen LogP contribution in [0.15, 0.2) is 6.33 Å². The van der Waals surface area contributed by atoms with E-state index in [0.29, 0.717) is 6.04 Å². The van der Waals surface area contributed by atoms with Crippen LogP contribution < -0.4 is 16.2 Å². The molecular weight excluding hydrogens is 250 g/mol. The number of rotatable bonds is 5. The van der Waals surface area contributed by atoms with E-state index < -0.39 is 0 Å². The number of nitrogen functional groups attached to an aromatic ring is 1. The molecule has 1 fully saturated rings. The van der Waals surface area contributed by atoms with E-state index in [1.165, 1.54) is 32.1 Å². The molecule has 3 N–H and O–H groups in total. The van der Waals surface area contributed by atoms with Crippen molar-refractivity contribution in [2.24, 2.45) is 11.8 Å². The minimum absolute atomic E-state index is 0.587. The van der Waals surface area contributed by atoms with Gasteiger partial charge in [-0.3, -0.25) is 0 Å². The molecule has 1 aliphatic carbocycles. The number of nitrogens with one attached hydrogen (secondary N) is 1. The van der Waals surface area contributed by atoms with Crippen molar-refractivity contribution in [2.75, 3.05) is 17.4 Å². The zero-order valence-electron chi connectivity index (χ0n) is 12.9. The van der Waals surface area contributed by atoms with Gasteiger partial charge < -0.3 is 10.3 Å². The molecular formula is C15H27N5. The summed E-state index contributed by atoms with van der Waals surface area (Å²) in [5.74, 6) is 8.23. The summed E-state index contributed by atoms with van der Waals surface area (Å²) in [6.07, 6.45) is 8.97. The maximum atomic E-state index is 5.55. The van der Waals surface area contributed by atoms with E-state index in [-0.39, 0.29) is 0 Å². The van der Waals surface area contributed by atoms with Crippen molar-refractivity contribution >= 4 is 11.6 Å². The van der Waals surface area contributed by atoms with Crippen molar-refractivity contribution in [3.8, 4) is 0 Å². The quantitative estimate of drug-likeness (QED) is 0.640. The first-order valence-electron chi connectivity index (χ1n) is 7.74. The normalized spacial score (nSPS) is 22.6. The van der Waals surface area contributed by atoms with E-state index >= 15 is 0 Å². The Morgan fingerprint density at radius 1 is 1.25 bits per heavy atom. The number of hydrogen-bond donors (Lipinski definition) is 2. The number of hydrazine groups is 1. The largest absolute Gasteiger partial charge is 0.356 e. The second-order valence-electron chi connectivity index (χ2n) is 5.72. The van der Waals surface area contributed by atoms with Crippen LogP contribution in [0, 0.1) is 5.92 Å². The molecule has 0 aliphatic heterocycles. The third kappa shape index (κ3) is 3.03. The van der Waals surface area contributed by atoms with Crippen LogP contribution in [-0.2, 0) is 6.42 Å². The monoisotopic (exact) mass is 277 g/mol. The van der Waals surface area contributed by atoms with Gasteiger partial charge in [-0.25, -0.2) is 15.8 Å². The fraction of sp³-hybridized carbons (Fsp3) is 0.733. The number of hydrogen-bond acceptors (Lipinski definition) is 5. The molecule has 0 saturated heterocycles. The van der Waals surface area contributed by atoms with Crippen molar-refractivity contribution < 1.29 is 0 Å². The lowest BCUT2D eigenvalue weighted by molar-refractivity contribution is 0.312. The van der Waals surface area contributed by atoms with Gasteiger partial charge in [0.2, 0.25) is 0 Å². The van der Waals surface area contributed by atoms with Crippen LogP contribution in [0.25, 0.3) is 0 Å². The van der Waals surface area contributed by atoms with Gasteiger partial charge >= 0.3 is 0 Å². The fourth-order valence-corrected chi connectivity index (χ4v) is 3.27. The molecule has 0 spiro atoms. The van der Waals surface area contributed by atoms with Crippen LogP contribution in [0.5, 0.6) is 0 Å². The Morgan fingerprint density at radius 3 is 2.50 bits per heavy atom. The Bertz CT molecular complexity index is 426. The van der Waals surface area contributed by atoms with E-state index in [9.17, 15) is 0 Å². The van der Waals surface area contributed by atoms with Gasteiger partial charge in [0.05, 0.1) is 0 Å². The minimum atomic E-state index is 0.587. The van der Waals surface area contributed by atoms with Crippen molar-refractivity contribution in [3.63, 3.8) is 0 Å². The number of nitrogens with two attached hydrogens (primary N) is 1. The Morgan fingerprint density at radius 2 is 1.95 bits per heavy atom. The first kappa shape index (κ1) is 15.0. The summed E-state index contributed by atoms with van der Waals surface area (Å²) in [4.78, 5) is 11.0. The van der Waals surface area contributed by atoms with Gasteiger partial charge in [-0.05, 0) is 38.0 Å². The lowest BCUT2D eigenvalue weighted by atomic mass is 9.84. The molecule has 1 saturated carbocycles. The van der Waals surface area contributed by atoms with Crippen molar-refractivity contribution in [1.82, 2.24) is 9.97 Å². The highest BCUT2D eigenvalue weighted by atomic mass is 15.3. The van der Waals surface area contributed by atoms with Crippen LogP contribution in [0.2, 0.25) is 0 Å². The summed E-state index contributed by atoms with van der Waals surface area (Å²) in [5.41, 5.74) is 3.79. The summed E-state index contributed by atoms with van der Waals surface area (Å²) < 4.78 is 0. The molecule has 0 unspecified atom stereocenters. The maximum Gasteiger partial charge on any atom is 0.148 e. The lowest BCUT2D eigenvalue weighted by Gasteiger charge is -2.36. The summed E-state index contributed by atoms with van der Waals surface area (Å²) >= 11 is 0. The molecule has 1 aromatic rings. The number of nitrogens with zero attached hydrogens (tertiary/aromatic N) is 3. The second kappa shape index (κ2) is 6.88. The molecule has 0 atom stereocenters. The Balaban J connectivity index is 2.15. The summed E-state index contributed by atoms with van der Waals surface area (Å²) in [6.45, 7) is 4.42. The van der Waals surface area contributed by atoms with Crippen molar-refractivity contribution in [2.45, 2.75) is 58.4 Å². The van der Waals surface area contributed by atoms with Crippen molar-refractivity contribution in [3.05, 3.63) is 11.9 Å². The predicted molar refractivity (Wildman–Crippen MR) is 83.7 cm³/mol. The highest BCUT2D eigenvalue weighted by Gasteiger charge is 2.25. The second-order valence-corrected chi connectivity index (χ2v) is 5.72. The average Bonchev–Trinajstić information content (AvgIpc) is 2.53. The molecule has 1 heterocycles. The summed E-state index contributed by atoms with van der Waals surface area (Å²) in [7, 11) is 2.15. The van der Waals surface area contributed by atoms with Crippen LogP contribution in [0.1, 0.15) is 51.5 Å². The lowest BCUT2D eigenvalue weighted by Crippen LogP contribution is -2.36. The minimum Gasteiger partial charge on any atom is -0.356 e. The molecule has 0 aromatic carbocycles. The standard InChI is InChI=1S/C15H27N5/c1-4-11-6-8-12(9-7-11)20(3)15-13(5-2)14(19-16)17-10-18-15/h10-12H,4-9,16H2,1-3H3,(H,17,18,19). The van der Waals surface area contributed by atoms with Crippen LogP contribution in [0.3, 0.4) is 0 Å². The van der Waals surface area contributed by atoms with E-state index in [4.69, 9.17) is 5.84 Å². The molecule has 1 aliphatic rings. The molecule has 2 rings (SSSR count). The highest BCUT2D eigenvalue weighted by Crippen LogP contribution is 2.32. The van der Waals surface area contributed by atoms with Gasteiger partial charge in [0.25, 0.3) is 0 Å². The number of aromatic nitrogens is 2. The molecule has 5 nitrogen and oxygen atoms in total. The third-order valence-corrected chi connectivity index (χ3v) is 4.69. The first-order chi connectivity index (χ1) is 9.71. The van der Waals surface area contributed by atoms with E-state index in [2.05, 4.69) is 41.2 Å². The molecule has 1 aromatic heterocycles. The molecule has 0 bridgehead atoms. The maximum absolute atomic E-state index is 5.55. The van der Waals surface area contributed by atoms with Gasteiger partial charge in [-0.15, -0.1) is 0 Å². The highest BCUT2D eigenvalue weighted by molar-refractivity contribution is 5.58. The zero-order valence-corrected chi connectivity index (χ0v) is 12.9. The van der Waals surface area contributed by atoms with Gasteiger partial charge in [0, 0.05) is 18.7 Å². The van der Waals surface area contributed by atoms with Crippen molar-refractivity contribution in [1.29, 1.82) is 0 Å². The zero-order chi connectivity index (χ0) is 14.5.